The molecule has 0 saturated heterocycles. The minimum absolute atomic E-state index is 0.842. The summed E-state index contributed by atoms with van der Waals surface area (Å²) < 4.78 is 2.27. The maximum absolute atomic E-state index is 4.34. The van der Waals surface area contributed by atoms with E-state index in [1.807, 2.05) is 0 Å². The highest BCUT2D eigenvalue weighted by Crippen LogP contribution is 2.19. The lowest BCUT2D eigenvalue weighted by atomic mass is 10.0. The molecule has 0 unspecified atom stereocenters. The first kappa shape index (κ1) is 11.4. The largest absolute Gasteiger partial charge is 0.309 e. The highest BCUT2D eigenvalue weighted by atomic mass is 15.3. The maximum Gasteiger partial charge on any atom is 0.147 e. The third-order valence-electron chi connectivity index (χ3n) is 3.43. The Morgan fingerprint density at radius 3 is 2.67 bits per heavy atom. The van der Waals surface area contributed by atoms with Crippen molar-refractivity contribution < 1.29 is 0 Å². The minimum atomic E-state index is 0.842. The second-order valence-corrected chi connectivity index (χ2v) is 5.13. The molecule has 3 rings (SSSR count). The van der Waals surface area contributed by atoms with Gasteiger partial charge in [-0.3, -0.25) is 0 Å². The lowest BCUT2D eigenvalue weighted by molar-refractivity contribution is 0.381. The first-order valence-electron chi connectivity index (χ1n) is 6.36. The molecule has 0 aliphatic carbocycles. The monoisotopic (exact) mass is 242 g/mol. The Morgan fingerprint density at radius 2 is 1.89 bits per heavy atom. The summed E-state index contributed by atoms with van der Waals surface area (Å²) >= 11 is 0. The van der Waals surface area contributed by atoms with Gasteiger partial charge in [0.25, 0.3) is 0 Å². The molecule has 2 aromatic rings. The van der Waals surface area contributed by atoms with E-state index < -0.39 is 0 Å². The number of aromatic nitrogens is 3. The molecule has 94 valence electrons. The van der Waals surface area contributed by atoms with E-state index in [1.165, 1.54) is 11.1 Å². The van der Waals surface area contributed by atoms with Gasteiger partial charge in [0.1, 0.15) is 11.6 Å². The van der Waals surface area contributed by atoms with Crippen molar-refractivity contribution in [2.45, 2.75) is 25.9 Å². The van der Waals surface area contributed by atoms with Crippen molar-refractivity contribution in [3.05, 3.63) is 47.0 Å². The summed E-state index contributed by atoms with van der Waals surface area (Å²) in [6.07, 6.45) is 2.05. The topological polar surface area (TPSA) is 34.0 Å². The van der Waals surface area contributed by atoms with Crippen molar-refractivity contribution >= 4 is 0 Å². The number of fused-ring (bicyclic) bond motifs is 2. The number of hydrogen-bond acceptors (Lipinski definition) is 3. The summed E-state index contributed by atoms with van der Waals surface area (Å²) in [4.78, 5) is 2.13. The van der Waals surface area contributed by atoms with Crippen molar-refractivity contribution in [1.29, 1.82) is 0 Å². The van der Waals surface area contributed by atoms with Gasteiger partial charge in [-0.25, -0.2) is 0 Å². The first-order chi connectivity index (χ1) is 8.74. The fourth-order valence-corrected chi connectivity index (χ4v) is 2.51. The van der Waals surface area contributed by atoms with Gasteiger partial charge < -0.3 is 9.47 Å². The molecule has 1 aliphatic heterocycles. The lowest BCUT2D eigenvalue weighted by Gasteiger charge is -2.12. The van der Waals surface area contributed by atoms with Crippen molar-refractivity contribution in [2.24, 2.45) is 0 Å². The number of aryl methyl sites for hydroxylation is 2. The third kappa shape index (κ3) is 2.04. The highest BCUT2D eigenvalue weighted by molar-refractivity contribution is 5.30. The Hall–Kier alpha value is -1.68. The van der Waals surface area contributed by atoms with Gasteiger partial charge in [0.2, 0.25) is 0 Å². The SMILES string of the molecule is CN(C)Cc1nnc2n1Cc1ccccc1CC2. The van der Waals surface area contributed by atoms with Crippen LogP contribution >= 0.6 is 0 Å². The maximum atomic E-state index is 4.34. The van der Waals surface area contributed by atoms with Crippen molar-refractivity contribution in [3.63, 3.8) is 0 Å². The van der Waals surface area contributed by atoms with E-state index in [0.717, 1.165) is 37.6 Å². The van der Waals surface area contributed by atoms with E-state index in [2.05, 4.69) is 58.0 Å². The van der Waals surface area contributed by atoms with Crippen LogP contribution in [0.1, 0.15) is 22.8 Å². The molecule has 4 nitrogen and oxygen atoms in total. The zero-order valence-corrected chi connectivity index (χ0v) is 10.9. The number of nitrogens with zero attached hydrogens (tertiary/aromatic N) is 4. The van der Waals surface area contributed by atoms with E-state index in [4.69, 9.17) is 0 Å². The van der Waals surface area contributed by atoms with Crippen LogP contribution in [0.3, 0.4) is 0 Å². The van der Waals surface area contributed by atoms with Crippen LogP contribution < -0.4 is 0 Å². The fourth-order valence-electron chi connectivity index (χ4n) is 2.51. The minimum Gasteiger partial charge on any atom is -0.309 e. The van der Waals surface area contributed by atoms with Gasteiger partial charge in [-0.15, -0.1) is 10.2 Å². The average molecular weight is 242 g/mol. The van der Waals surface area contributed by atoms with Crippen LogP contribution in [0.25, 0.3) is 0 Å². The van der Waals surface area contributed by atoms with Crippen LogP contribution in [0.5, 0.6) is 0 Å². The fraction of sp³-hybridized carbons (Fsp3) is 0.429. The standard InChI is InChI=1S/C14H18N4/c1-17(2)10-14-16-15-13-8-7-11-5-3-4-6-12(11)9-18(13)14/h3-6H,7-10H2,1-2H3. The van der Waals surface area contributed by atoms with Crippen LogP contribution in [0.2, 0.25) is 0 Å². The number of rotatable bonds is 2. The Balaban J connectivity index is 1.98. The summed E-state index contributed by atoms with van der Waals surface area (Å²) in [5.41, 5.74) is 2.84. The van der Waals surface area contributed by atoms with E-state index >= 15 is 0 Å². The normalized spacial score (nSPS) is 14.2. The zero-order valence-electron chi connectivity index (χ0n) is 10.9. The first-order valence-corrected chi connectivity index (χ1v) is 6.36. The summed E-state index contributed by atoms with van der Waals surface area (Å²) in [7, 11) is 4.12. The summed E-state index contributed by atoms with van der Waals surface area (Å²) in [6, 6.07) is 8.66. The van der Waals surface area contributed by atoms with Gasteiger partial charge >= 0.3 is 0 Å². The average Bonchev–Trinajstić information content (AvgIpc) is 2.60. The number of benzene rings is 1. The van der Waals surface area contributed by atoms with E-state index in [9.17, 15) is 0 Å². The van der Waals surface area contributed by atoms with Gasteiger partial charge in [-0.1, -0.05) is 24.3 Å². The Morgan fingerprint density at radius 1 is 1.11 bits per heavy atom. The molecule has 0 bridgehead atoms. The zero-order chi connectivity index (χ0) is 12.5. The van der Waals surface area contributed by atoms with Crippen molar-refractivity contribution in [2.75, 3.05) is 14.1 Å². The molecule has 1 aliphatic rings. The molecular weight excluding hydrogens is 224 g/mol. The van der Waals surface area contributed by atoms with Gasteiger partial charge in [0.05, 0.1) is 13.1 Å². The number of hydrogen-bond donors (Lipinski definition) is 0. The van der Waals surface area contributed by atoms with Crippen LogP contribution in [-0.4, -0.2) is 33.8 Å². The van der Waals surface area contributed by atoms with E-state index in [0.29, 0.717) is 0 Å². The second kappa shape index (κ2) is 4.53. The van der Waals surface area contributed by atoms with E-state index in [-0.39, 0.29) is 0 Å². The smallest absolute Gasteiger partial charge is 0.147 e. The van der Waals surface area contributed by atoms with Crippen molar-refractivity contribution in [3.8, 4) is 0 Å². The van der Waals surface area contributed by atoms with Gasteiger partial charge in [0, 0.05) is 6.42 Å². The lowest BCUT2D eigenvalue weighted by Crippen LogP contribution is -2.16. The molecule has 1 aromatic carbocycles. The van der Waals surface area contributed by atoms with Gasteiger partial charge in [-0.05, 0) is 31.6 Å². The van der Waals surface area contributed by atoms with Crippen LogP contribution in [-0.2, 0) is 25.9 Å². The van der Waals surface area contributed by atoms with E-state index in [1.54, 1.807) is 0 Å². The third-order valence-corrected chi connectivity index (χ3v) is 3.43. The summed E-state index contributed by atoms with van der Waals surface area (Å²) in [6.45, 7) is 1.75. The molecule has 0 N–H and O–H groups in total. The predicted octanol–water partition coefficient (Wildman–Crippen LogP) is 1.49. The predicted molar refractivity (Wildman–Crippen MR) is 70.4 cm³/mol. The molecule has 0 saturated carbocycles. The van der Waals surface area contributed by atoms with Gasteiger partial charge in [0.15, 0.2) is 0 Å². The molecule has 4 heteroatoms. The molecule has 1 aromatic heterocycles. The van der Waals surface area contributed by atoms with Crippen LogP contribution in [0.4, 0.5) is 0 Å². The highest BCUT2D eigenvalue weighted by Gasteiger charge is 2.17. The quantitative estimate of drug-likeness (QED) is 0.800. The van der Waals surface area contributed by atoms with Crippen LogP contribution in [0, 0.1) is 0 Å². The van der Waals surface area contributed by atoms with Gasteiger partial charge in [-0.2, -0.15) is 0 Å². The molecule has 0 fully saturated rings. The molecule has 0 spiro atoms. The Kier molecular flexibility index (Phi) is 2.88. The second-order valence-electron chi connectivity index (χ2n) is 5.13. The molecule has 0 amide bonds. The molecule has 2 heterocycles. The molecular formula is C14H18N4. The Bertz CT molecular complexity index is 557. The van der Waals surface area contributed by atoms with Crippen LogP contribution in [0.15, 0.2) is 24.3 Å². The Labute approximate surface area is 107 Å². The summed E-state index contributed by atoms with van der Waals surface area (Å²) in [5, 5.41) is 8.66. The molecule has 0 atom stereocenters. The van der Waals surface area contributed by atoms with Crippen molar-refractivity contribution in [1.82, 2.24) is 19.7 Å². The molecule has 0 radical (unpaired) electrons. The molecule has 18 heavy (non-hydrogen) atoms. The summed E-state index contributed by atoms with van der Waals surface area (Å²) in [5.74, 6) is 2.18.